The normalized spacial score (nSPS) is 31.7. The maximum Gasteiger partial charge on any atom is 0.454 e. The maximum atomic E-state index is 8.68. The summed E-state index contributed by atoms with van der Waals surface area (Å²) in [7, 11) is -0.477. The van der Waals surface area contributed by atoms with Crippen molar-refractivity contribution in [1.82, 2.24) is 0 Å². The summed E-state index contributed by atoms with van der Waals surface area (Å²) in [6, 6.07) is 0. The van der Waals surface area contributed by atoms with Gasteiger partial charge in [-0.15, -0.1) is 0 Å². The average Bonchev–Trinajstić information content (AvgIpc) is 1.87. The molecule has 0 unspecified atom stereocenters. The molecular weight excluding hydrogens is 90.9 g/mol. The lowest BCUT2D eigenvalue weighted by Gasteiger charge is -1.90. The average molecular weight is 99.9 g/mol. The summed E-state index contributed by atoms with van der Waals surface area (Å²) in [6.07, 6.45) is 0.806. The van der Waals surface area contributed by atoms with Gasteiger partial charge in [-0.3, -0.25) is 0 Å². The third kappa shape index (κ3) is 1.18. The first kappa shape index (κ1) is 5.13. The number of hydrogen-bond acceptors (Lipinski definition) is 2. The molecule has 0 spiro atoms. The van der Waals surface area contributed by atoms with E-state index in [-0.39, 0.29) is 0 Å². The molecule has 2 nitrogen and oxygen atoms in total. The summed E-state index contributed by atoms with van der Waals surface area (Å²) in [5.41, 5.74) is 0. The van der Waals surface area contributed by atoms with E-state index in [0.29, 0.717) is 5.92 Å². The van der Waals surface area contributed by atoms with E-state index in [1.165, 1.54) is 0 Å². The monoisotopic (exact) mass is 100 g/mol. The molecule has 3 heteroatoms. The van der Waals surface area contributed by atoms with Crippen LogP contribution in [0.3, 0.4) is 0 Å². The first-order valence-corrected chi connectivity index (χ1v) is 2.58. The van der Waals surface area contributed by atoms with E-state index in [4.69, 9.17) is 9.68 Å². The molecule has 0 radical (unpaired) electrons. The lowest BCUT2D eigenvalue weighted by atomic mass is 9.83. The van der Waals surface area contributed by atoms with Gasteiger partial charge in [-0.05, 0) is 12.2 Å². The minimum absolute atomic E-state index is 0.477. The van der Waals surface area contributed by atoms with Crippen LogP contribution in [0.1, 0.15) is 6.92 Å². The third-order valence-electron chi connectivity index (χ3n) is 1.18. The van der Waals surface area contributed by atoms with Crippen molar-refractivity contribution in [3.8, 4) is 0 Å². The minimum atomic E-state index is -0.477. The Bertz CT molecular complexity index is 58.7. The Kier molecular flexibility index (Phi) is 1.35. The van der Waals surface area contributed by atoms with Gasteiger partial charge in [-0.25, -0.2) is 0 Å². The Labute approximate surface area is 43.6 Å². The lowest BCUT2D eigenvalue weighted by molar-refractivity contribution is 0.280. The molecule has 0 aromatic carbocycles. The zero-order chi connectivity index (χ0) is 5.28. The predicted octanol–water partition coefficient (Wildman–Crippen LogP) is 0.133. The van der Waals surface area contributed by atoms with Gasteiger partial charge in [0.2, 0.25) is 0 Å². The van der Waals surface area contributed by atoms with Crippen molar-refractivity contribution in [1.29, 1.82) is 0 Å². The van der Waals surface area contributed by atoms with E-state index in [1.807, 2.05) is 0 Å². The van der Waals surface area contributed by atoms with E-state index >= 15 is 0 Å². The molecule has 1 N–H and O–H groups in total. The molecule has 7 heavy (non-hydrogen) atoms. The minimum Gasteiger partial charge on any atom is -0.427 e. The summed E-state index contributed by atoms with van der Waals surface area (Å²) < 4.78 is 4.82. The van der Waals surface area contributed by atoms with E-state index in [1.54, 1.807) is 0 Å². The molecule has 0 amide bonds. The fourth-order valence-corrected chi connectivity index (χ4v) is 0.756. The molecule has 1 saturated heterocycles. The Hall–Kier alpha value is -0.0151. The highest BCUT2D eigenvalue weighted by molar-refractivity contribution is 6.43. The quantitative estimate of drug-likeness (QED) is 0.438. The first-order chi connectivity index (χ1) is 3.29. The zero-order valence-corrected chi connectivity index (χ0v) is 4.42. The van der Waals surface area contributed by atoms with Crippen molar-refractivity contribution >= 4 is 7.12 Å². The second-order valence-electron chi connectivity index (χ2n) is 2.13. The van der Waals surface area contributed by atoms with Crippen molar-refractivity contribution in [2.24, 2.45) is 5.92 Å². The van der Waals surface area contributed by atoms with Crippen LogP contribution in [0.25, 0.3) is 0 Å². The number of hydrogen-bond donors (Lipinski definition) is 1. The van der Waals surface area contributed by atoms with Crippen LogP contribution in [0.4, 0.5) is 0 Å². The van der Waals surface area contributed by atoms with E-state index in [9.17, 15) is 0 Å². The molecule has 1 rings (SSSR count). The molecule has 0 saturated carbocycles. The molecule has 0 aromatic rings. The Balaban J connectivity index is 2.26. The van der Waals surface area contributed by atoms with Gasteiger partial charge in [0.1, 0.15) is 0 Å². The fraction of sp³-hybridized carbons (Fsp3) is 1.00. The topological polar surface area (TPSA) is 29.5 Å². The second kappa shape index (κ2) is 1.84. The van der Waals surface area contributed by atoms with Crippen LogP contribution in [-0.4, -0.2) is 18.7 Å². The summed E-state index contributed by atoms with van der Waals surface area (Å²) in [4.78, 5) is 0. The maximum absolute atomic E-state index is 8.68. The summed E-state index contributed by atoms with van der Waals surface area (Å²) in [5.74, 6) is 0.551. The Morgan fingerprint density at radius 3 is 2.71 bits per heavy atom. The van der Waals surface area contributed by atoms with Crippen LogP contribution in [0, 0.1) is 5.92 Å². The van der Waals surface area contributed by atoms with Gasteiger partial charge in [0, 0.05) is 6.61 Å². The summed E-state index contributed by atoms with van der Waals surface area (Å²) in [6.45, 7) is 2.79. The Morgan fingerprint density at radius 2 is 2.57 bits per heavy atom. The zero-order valence-electron chi connectivity index (χ0n) is 4.42. The van der Waals surface area contributed by atoms with E-state index in [0.717, 1.165) is 12.9 Å². The molecule has 1 atom stereocenters. The highest BCUT2D eigenvalue weighted by atomic mass is 16.5. The molecule has 0 aromatic heterocycles. The van der Waals surface area contributed by atoms with Crippen molar-refractivity contribution in [3.05, 3.63) is 0 Å². The Morgan fingerprint density at radius 1 is 1.86 bits per heavy atom. The van der Waals surface area contributed by atoms with Crippen LogP contribution in [0.5, 0.6) is 0 Å². The van der Waals surface area contributed by atoms with Gasteiger partial charge in [0.15, 0.2) is 0 Å². The van der Waals surface area contributed by atoms with Gasteiger partial charge in [0.25, 0.3) is 0 Å². The van der Waals surface area contributed by atoms with E-state index in [2.05, 4.69) is 6.92 Å². The van der Waals surface area contributed by atoms with Crippen molar-refractivity contribution in [3.63, 3.8) is 0 Å². The molecular formula is C4H9BO2. The third-order valence-corrected chi connectivity index (χ3v) is 1.18. The second-order valence-corrected chi connectivity index (χ2v) is 2.13. The van der Waals surface area contributed by atoms with Crippen LogP contribution < -0.4 is 0 Å². The molecule has 40 valence electrons. The van der Waals surface area contributed by atoms with Gasteiger partial charge in [-0.1, -0.05) is 6.92 Å². The van der Waals surface area contributed by atoms with Crippen molar-refractivity contribution in [2.75, 3.05) is 6.61 Å². The highest BCUT2D eigenvalue weighted by Crippen LogP contribution is 2.13. The van der Waals surface area contributed by atoms with Crippen LogP contribution >= 0.6 is 0 Å². The smallest absolute Gasteiger partial charge is 0.427 e. The van der Waals surface area contributed by atoms with Crippen molar-refractivity contribution < 1.29 is 9.68 Å². The fourth-order valence-electron chi connectivity index (χ4n) is 0.756. The molecule has 1 heterocycles. The summed E-state index contributed by atoms with van der Waals surface area (Å²) in [5, 5.41) is 8.68. The SMILES string of the molecule is C[C@@H]1COB(O)C1. The molecule has 0 bridgehead atoms. The molecule has 1 aliphatic rings. The van der Waals surface area contributed by atoms with Gasteiger partial charge in [0.05, 0.1) is 0 Å². The molecule has 1 aliphatic heterocycles. The standard InChI is InChI=1S/C4H9BO2/c1-4-2-5(6)7-3-4/h4,6H,2-3H2,1H3/t4-/m0/s1. The van der Waals surface area contributed by atoms with Gasteiger partial charge >= 0.3 is 7.12 Å². The van der Waals surface area contributed by atoms with E-state index < -0.39 is 7.12 Å². The van der Waals surface area contributed by atoms with Gasteiger partial charge < -0.3 is 9.68 Å². The first-order valence-electron chi connectivity index (χ1n) is 2.58. The van der Waals surface area contributed by atoms with Crippen molar-refractivity contribution in [2.45, 2.75) is 13.2 Å². The largest absolute Gasteiger partial charge is 0.454 e. The highest BCUT2D eigenvalue weighted by Gasteiger charge is 2.24. The summed E-state index contributed by atoms with van der Waals surface area (Å²) >= 11 is 0. The predicted molar refractivity (Wildman–Crippen MR) is 27.9 cm³/mol. The van der Waals surface area contributed by atoms with Crippen LogP contribution in [0.15, 0.2) is 0 Å². The number of rotatable bonds is 0. The molecule has 1 fully saturated rings. The van der Waals surface area contributed by atoms with Crippen LogP contribution in [-0.2, 0) is 4.65 Å². The van der Waals surface area contributed by atoms with Crippen LogP contribution in [0.2, 0.25) is 6.32 Å². The molecule has 0 aliphatic carbocycles. The lowest BCUT2D eigenvalue weighted by Crippen LogP contribution is -2.07. The van der Waals surface area contributed by atoms with Gasteiger partial charge in [-0.2, -0.15) is 0 Å².